The van der Waals surface area contributed by atoms with Gasteiger partial charge in [0.2, 0.25) is 0 Å². The van der Waals surface area contributed by atoms with Crippen LogP contribution in [0.25, 0.3) is 0 Å². The molecule has 0 aromatic heterocycles. The molecule has 0 fully saturated rings. The molecule has 0 heterocycles. The van der Waals surface area contributed by atoms with Crippen LogP contribution in [-0.2, 0) is 9.84 Å². The minimum Gasteiger partial charge on any atom is -0.396 e. The summed E-state index contributed by atoms with van der Waals surface area (Å²) in [5, 5.41) is 12.3. The summed E-state index contributed by atoms with van der Waals surface area (Å²) in [5.74, 6) is 0. The molecule has 20 heavy (non-hydrogen) atoms. The summed E-state index contributed by atoms with van der Waals surface area (Å²) in [6, 6.07) is 9.97. The van der Waals surface area contributed by atoms with E-state index in [0.29, 0.717) is 13.0 Å². The topological polar surface area (TPSA) is 66.4 Å². The number of rotatable bonds is 8. The zero-order valence-electron chi connectivity index (χ0n) is 12.5. The highest BCUT2D eigenvalue weighted by molar-refractivity contribution is 7.92. The average molecular weight is 299 g/mol. The van der Waals surface area contributed by atoms with Gasteiger partial charge < -0.3 is 10.4 Å². The summed E-state index contributed by atoms with van der Waals surface area (Å²) in [6.45, 7) is 3.98. The van der Waals surface area contributed by atoms with Crippen LogP contribution >= 0.6 is 0 Å². The summed E-state index contributed by atoms with van der Waals surface area (Å²) in [7, 11) is -3.11. The average Bonchev–Trinajstić information content (AvgIpc) is 2.38. The molecule has 1 unspecified atom stereocenters. The maximum absolute atomic E-state index is 11.7. The van der Waals surface area contributed by atoms with Crippen LogP contribution in [0.5, 0.6) is 0 Å². The number of hydrogen-bond donors (Lipinski definition) is 2. The smallest absolute Gasteiger partial charge is 0.153 e. The van der Waals surface area contributed by atoms with Crippen LogP contribution in [0, 0.1) is 0 Å². The Morgan fingerprint density at radius 1 is 1.25 bits per heavy atom. The van der Waals surface area contributed by atoms with Gasteiger partial charge >= 0.3 is 0 Å². The van der Waals surface area contributed by atoms with E-state index in [9.17, 15) is 8.42 Å². The van der Waals surface area contributed by atoms with Gasteiger partial charge in [0, 0.05) is 25.4 Å². The standard InChI is InChI=1S/C15H25NO3S/c1-15(2,20(3,18)19)12-16-14(10-7-11-17)13-8-5-4-6-9-13/h4-6,8-9,14,16-17H,7,10-12H2,1-3H3. The van der Waals surface area contributed by atoms with Crippen LogP contribution < -0.4 is 5.32 Å². The Morgan fingerprint density at radius 2 is 1.85 bits per heavy atom. The lowest BCUT2D eigenvalue weighted by molar-refractivity contribution is 0.274. The van der Waals surface area contributed by atoms with Gasteiger partial charge in [0.25, 0.3) is 0 Å². The third-order valence-corrected chi connectivity index (χ3v) is 5.78. The van der Waals surface area contributed by atoms with Crippen molar-refractivity contribution in [1.82, 2.24) is 5.32 Å². The first-order chi connectivity index (χ1) is 9.28. The minimum atomic E-state index is -3.11. The van der Waals surface area contributed by atoms with E-state index in [0.717, 1.165) is 12.0 Å². The molecule has 0 spiro atoms. The number of aliphatic hydroxyl groups is 1. The zero-order chi connectivity index (χ0) is 15.2. The number of aliphatic hydroxyl groups excluding tert-OH is 1. The lowest BCUT2D eigenvalue weighted by atomic mass is 10.0. The second-order valence-electron chi connectivity index (χ2n) is 5.74. The molecule has 1 aromatic rings. The molecule has 0 bridgehead atoms. The van der Waals surface area contributed by atoms with Gasteiger partial charge in [-0.15, -0.1) is 0 Å². The Kier molecular flexibility index (Phi) is 6.17. The quantitative estimate of drug-likeness (QED) is 0.769. The predicted octanol–water partition coefficient (Wildman–Crippen LogP) is 1.91. The van der Waals surface area contributed by atoms with Gasteiger partial charge in [-0.1, -0.05) is 30.3 Å². The van der Waals surface area contributed by atoms with Gasteiger partial charge in [0.1, 0.15) is 0 Å². The van der Waals surface area contributed by atoms with Crippen molar-refractivity contribution in [3.63, 3.8) is 0 Å². The van der Waals surface area contributed by atoms with E-state index in [2.05, 4.69) is 5.32 Å². The number of hydrogen-bond acceptors (Lipinski definition) is 4. The van der Waals surface area contributed by atoms with E-state index in [1.165, 1.54) is 6.26 Å². The van der Waals surface area contributed by atoms with E-state index in [-0.39, 0.29) is 12.6 Å². The monoisotopic (exact) mass is 299 g/mol. The predicted molar refractivity (Wildman–Crippen MR) is 82.4 cm³/mol. The normalized spacial score (nSPS) is 14.2. The maximum Gasteiger partial charge on any atom is 0.153 e. The van der Waals surface area contributed by atoms with Gasteiger partial charge in [-0.3, -0.25) is 0 Å². The molecule has 4 nitrogen and oxygen atoms in total. The van der Waals surface area contributed by atoms with Crippen molar-refractivity contribution in [3.8, 4) is 0 Å². The first kappa shape index (κ1) is 17.1. The van der Waals surface area contributed by atoms with Crippen molar-refractivity contribution in [3.05, 3.63) is 35.9 Å². The second kappa shape index (κ2) is 7.20. The summed E-state index contributed by atoms with van der Waals surface area (Å²) in [5.41, 5.74) is 1.12. The summed E-state index contributed by atoms with van der Waals surface area (Å²) < 4.78 is 22.7. The molecule has 1 aromatic carbocycles. The van der Waals surface area contributed by atoms with Gasteiger partial charge in [-0.2, -0.15) is 0 Å². The molecule has 0 saturated heterocycles. The molecule has 2 N–H and O–H groups in total. The van der Waals surface area contributed by atoms with Crippen LogP contribution in [0.4, 0.5) is 0 Å². The molecule has 1 atom stereocenters. The molecule has 0 radical (unpaired) electrons. The summed E-state index contributed by atoms with van der Waals surface area (Å²) >= 11 is 0. The highest BCUT2D eigenvalue weighted by atomic mass is 32.2. The second-order valence-corrected chi connectivity index (χ2v) is 8.39. The maximum atomic E-state index is 11.7. The zero-order valence-corrected chi connectivity index (χ0v) is 13.3. The lowest BCUT2D eigenvalue weighted by Gasteiger charge is -2.27. The highest BCUT2D eigenvalue weighted by Crippen LogP contribution is 2.21. The van der Waals surface area contributed by atoms with Gasteiger partial charge in [-0.25, -0.2) is 8.42 Å². The Balaban J connectivity index is 2.77. The molecule has 5 heteroatoms. The molecule has 0 aliphatic heterocycles. The van der Waals surface area contributed by atoms with Crippen LogP contribution in [0.2, 0.25) is 0 Å². The molecule has 1 rings (SSSR count). The van der Waals surface area contributed by atoms with Crippen LogP contribution in [0.15, 0.2) is 30.3 Å². The minimum absolute atomic E-state index is 0.0596. The number of nitrogens with one attached hydrogen (secondary N) is 1. The van der Waals surface area contributed by atoms with Crippen molar-refractivity contribution < 1.29 is 13.5 Å². The SMILES string of the molecule is CC(C)(CNC(CCCO)c1ccccc1)S(C)(=O)=O. The number of sulfone groups is 1. The first-order valence-corrected chi connectivity index (χ1v) is 8.76. The van der Waals surface area contributed by atoms with Crippen LogP contribution in [0.3, 0.4) is 0 Å². The Hall–Kier alpha value is -0.910. The van der Waals surface area contributed by atoms with Crippen molar-refractivity contribution in [2.24, 2.45) is 0 Å². The lowest BCUT2D eigenvalue weighted by Crippen LogP contribution is -2.42. The number of benzene rings is 1. The molecule has 0 saturated carbocycles. The molecule has 0 aliphatic carbocycles. The van der Waals surface area contributed by atoms with Crippen molar-refractivity contribution in [2.45, 2.75) is 37.5 Å². The van der Waals surface area contributed by atoms with E-state index >= 15 is 0 Å². The van der Waals surface area contributed by atoms with E-state index in [4.69, 9.17) is 5.11 Å². The Morgan fingerprint density at radius 3 is 2.35 bits per heavy atom. The summed E-state index contributed by atoms with van der Waals surface area (Å²) in [4.78, 5) is 0. The molecule has 0 aliphatic rings. The van der Waals surface area contributed by atoms with Crippen molar-refractivity contribution >= 4 is 9.84 Å². The third kappa shape index (κ3) is 4.89. The van der Waals surface area contributed by atoms with Crippen LogP contribution in [-0.4, -0.2) is 37.7 Å². The molecular weight excluding hydrogens is 274 g/mol. The first-order valence-electron chi connectivity index (χ1n) is 6.87. The highest BCUT2D eigenvalue weighted by Gasteiger charge is 2.30. The summed E-state index contributed by atoms with van der Waals surface area (Å²) in [6.07, 6.45) is 2.73. The molecule has 114 valence electrons. The molecular formula is C15H25NO3S. The van der Waals surface area contributed by atoms with E-state index in [1.807, 2.05) is 30.3 Å². The third-order valence-electron chi connectivity index (χ3n) is 3.63. The van der Waals surface area contributed by atoms with Gasteiger partial charge in [-0.05, 0) is 32.3 Å². The molecule has 0 amide bonds. The Bertz CT molecular complexity index is 497. The largest absolute Gasteiger partial charge is 0.396 e. The fourth-order valence-electron chi connectivity index (χ4n) is 1.87. The van der Waals surface area contributed by atoms with Crippen LogP contribution in [0.1, 0.15) is 38.3 Å². The van der Waals surface area contributed by atoms with Gasteiger partial charge in [0.05, 0.1) is 4.75 Å². The van der Waals surface area contributed by atoms with E-state index in [1.54, 1.807) is 13.8 Å². The van der Waals surface area contributed by atoms with E-state index < -0.39 is 14.6 Å². The Labute approximate surface area is 122 Å². The fourth-order valence-corrected chi connectivity index (χ4v) is 2.21. The van der Waals surface area contributed by atoms with Crippen molar-refractivity contribution in [1.29, 1.82) is 0 Å². The fraction of sp³-hybridized carbons (Fsp3) is 0.600. The van der Waals surface area contributed by atoms with Gasteiger partial charge in [0.15, 0.2) is 9.84 Å². The van der Waals surface area contributed by atoms with Crippen molar-refractivity contribution in [2.75, 3.05) is 19.4 Å².